The quantitative estimate of drug-likeness (QED) is 0.384. The van der Waals surface area contributed by atoms with E-state index in [4.69, 9.17) is 9.47 Å². The number of ether oxygens (including phenoxy) is 2. The number of rotatable bonds is 10. The standard InChI is InChI=1S/C27H38N4O7/c1-17(29-24(35)20-12-9-13-31(20)25(36)38-26(2,3)4)23(34)28-15-21(32)30-19(22(33)27(5)16-37-27)14-18-10-7-6-8-11-18/h6-8,10-11,17,19-20H,9,12-16H2,1-5H3,(H,28,34)(H,29,35)(H,30,32)/t17?,19?,20?,27-/m1/s1. The lowest BCUT2D eigenvalue weighted by atomic mass is 9.95. The molecule has 2 saturated heterocycles. The predicted octanol–water partition coefficient (Wildman–Crippen LogP) is 1.09. The molecule has 208 valence electrons. The average molecular weight is 531 g/mol. The Bertz CT molecular complexity index is 1050. The van der Waals surface area contributed by atoms with Crippen LogP contribution in [0.3, 0.4) is 0 Å². The van der Waals surface area contributed by atoms with Gasteiger partial charge < -0.3 is 25.4 Å². The molecule has 2 aliphatic heterocycles. The summed E-state index contributed by atoms with van der Waals surface area (Å²) in [5.41, 5.74) is -0.729. The van der Waals surface area contributed by atoms with Crippen LogP contribution in [0.2, 0.25) is 0 Å². The molecule has 0 aromatic heterocycles. The molecule has 4 atom stereocenters. The first-order valence-corrected chi connectivity index (χ1v) is 12.9. The van der Waals surface area contributed by atoms with Crippen molar-refractivity contribution in [2.24, 2.45) is 0 Å². The molecule has 3 rings (SSSR count). The van der Waals surface area contributed by atoms with Gasteiger partial charge in [-0.15, -0.1) is 0 Å². The van der Waals surface area contributed by atoms with E-state index in [2.05, 4.69) is 16.0 Å². The summed E-state index contributed by atoms with van der Waals surface area (Å²) in [6.45, 7) is 8.73. The van der Waals surface area contributed by atoms with Crippen molar-refractivity contribution in [1.82, 2.24) is 20.9 Å². The van der Waals surface area contributed by atoms with E-state index < -0.39 is 53.1 Å². The molecule has 1 aromatic rings. The topological polar surface area (TPSA) is 146 Å². The zero-order valence-electron chi connectivity index (χ0n) is 22.7. The van der Waals surface area contributed by atoms with Crippen LogP contribution < -0.4 is 16.0 Å². The third-order valence-corrected chi connectivity index (χ3v) is 6.39. The summed E-state index contributed by atoms with van der Waals surface area (Å²) in [5.74, 6) is -1.81. The van der Waals surface area contributed by atoms with E-state index in [-0.39, 0.29) is 12.3 Å². The predicted molar refractivity (Wildman–Crippen MR) is 138 cm³/mol. The maximum Gasteiger partial charge on any atom is 0.410 e. The number of nitrogens with one attached hydrogen (secondary N) is 3. The third kappa shape index (κ3) is 8.01. The van der Waals surface area contributed by atoms with Gasteiger partial charge >= 0.3 is 6.09 Å². The van der Waals surface area contributed by atoms with Crippen molar-refractivity contribution in [1.29, 1.82) is 0 Å². The number of benzene rings is 1. The Morgan fingerprint density at radius 2 is 1.79 bits per heavy atom. The van der Waals surface area contributed by atoms with E-state index in [1.807, 2.05) is 30.3 Å². The van der Waals surface area contributed by atoms with Gasteiger partial charge in [0.1, 0.15) is 23.3 Å². The molecular formula is C27H38N4O7. The molecule has 2 heterocycles. The summed E-state index contributed by atoms with van der Waals surface area (Å²) >= 11 is 0. The van der Waals surface area contributed by atoms with Crippen molar-refractivity contribution < 1.29 is 33.4 Å². The summed E-state index contributed by atoms with van der Waals surface area (Å²) in [4.78, 5) is 64.7. The van der Waals surface area contributed by atoms with E-state index >= 15 is 0 Å². The highest BCUT2D eigenvalue weighted by Gasteiger charge is 2.50. The lowest BCUT2D eigenvalue weighted by Crippen LogP contribution is -2.54. The van der Waals surface area contributed by atoms with Crippen LogP contribution in [0.4, 0.5) is 4.79 Å². The first-order valence-electron chi connectivity index (χ1n) is 12.9. The summed E-state index contributed by atoms with van der Waals surface area (Å²) in [6.07, 6.45) is 0.820. The number of carbonyl (C=O) groups is 5. The molecule has 0 bridgehead atoms. The Kier molecular flexibility index (Phi) is 9.14. The lowest BCUT2D eigenvalue weighted by Gasteiger charge is -2.28. The van der Waals surface area contributed by atoms with Gasteiger partial charge in [0.05, 0.1) is 19.2 Å². The Balaban J connectivity index is 1.50. The Morgan fingerprint density at radius 3 is 2.39 bits per heavy atom. The highest BCUT2D eigenvalue weighted by molar-refractivity contribution is 5.98. The maximum atomic E-state index is 12.9. The van der Waals surface area contributed by atoms with Gasteiger partial charge in [0.25, 0.3) is 0 Å². The monoisotopic (exact) mass is 530 g/mol. The van der Waals surface area contributed by atoms with Crippen molar-refractivity contribution in [2.75, 3.05) is 19.7 Å². The van der Waals surface area contributed by atoms with Crippen LogP contribution in [-0.2, 0) is 35.1 Å². The fraction of sp³-hybridized carbons (Fsp3) is 0.593. The molecule has 4 amide bonds. The highest BCUT2D eigenvalue weighted by atomic mass is 16.6. The Labute approximate surface area is 223 Å². The molecular weight excluding hydrogens is 492 g/mol. The van der Waals surface area contributed by atoms with Crippen LogP contribution in [-0.4, -0.2) is 83.5 Å². The van der Waals surface area contributed by atoms with Gasteiger partial charge in [-0.3, -0.25) is 24.1 Å². The first kappa shape index (κ1) is 29.1. The third-order valence-electron chi connectivity index (χ3n) is 6.39. The van der Waals surface area contributed by atoms with Crippen LogP contribution >= 0.6 is 0 Å². The van der Waals surface area contributed by atoms with Crippen LogP contribution in [0.1, 0.15) is 53.0 Å². The van der Waals surface area contributed by atoms with E-state index in [0.29, 0.717) is 32.4 Å². The fourth-order valence-electron chi connectivity index (χ4n) is 4.20. The lowest BCUT2D eigenvalue weighted by molar-refractivity contribution is -0.132. The largest absolute Gasteiger partial charge is 0.444 e. The molecule has 0 spiro atoms. The van der Waals surface area contributed by atoms with Gasteiger partial charge in [-0.2, -0.15) is 0 Å². The number of hydrogen-bond donors (Lipinski definition) is 3. The molecule has 2 fully saturated rings. The minimum atomic E-state index is -0.947. The minimum absolute atomic E-state index is 0.229. The molecule has 0 aliphatic carbocycles. The second-order valence-electron chi connectivity index (χ2n) is 11.0. The number of ketones is 1. The molecule has 3 unspecified atom stereocenters. The van der Waals surface area contributed by atoms with Crippen molar-refractivity contribution in [3.63, 3.8) is 0 Å². The summed E-state index contributed by atoms with van der Waals surface area (Å²) in [7, 11) is 0. The first-order chi connectivity index (χ1) is 17.8. The molecule has 2 aliphatic rings. The van der Waals surface area contributed by atoms with Crippen molar-refractivity contribution in [2.45, 2.75) is 83.2 Å². The smallest absolute Gasteiger partial charge is 0.410 e. The number of amides is 4. The van der Waals surface area contributed by atoms with E-state index in [1.54, 1.807) is 27.7 Å². The molecule has 0 saturated carbocycles. The van der Waals surface area contributed by atoms with Crippen molar-refractivity contribution in [3.8, 4) is 0 Å². The maximum absolute atomic E-state index is 12.9. The molecule has 3 N–H and O–H groups in total. The zero-order chi connectivity index (χ0) is 28.1. The van der Waals surface area contributed by atoms with E-state index in [0.717, 1.165) is 5.56 Å². The Hall–Kier alpha value is -3.47. The van der Waals surface area contributed by atoms with Gasteiger partial charge in [-0.25, -0.2) is 4.79 Å². The second-order valence-corrected chi connectivity index (χ2v) is 11.0. The highest BCUT2D eigenvalue weighted by Crippen LogP contribution is 2.29. The van der Waals surface area contributed by atoms with Crippen molar-refractivity contribution in [3.05, 3.63) is 35.9 Å². The van der Waals surface area contributed by atoms with E-state index in [1.165, 1.54) is 11.8 Å². The normalized spacial score (nSPS) is 22.1. The number of Topliss-reactive ketones (excluding diaryl/α,β-unsaturated/α-hetero) is 1. The van der Waals surface area contributed by atoms with Gasteiger partial charge in [0.15, 0.2) is 5.78 Å². The molecule has 1 aromatic carbocycles. The average Bonchev–Trinajstić information content (AvgIpc) is 3.39. The number of epoxide rings is 1. The van der Waals surface area contributed by atoms with Gasteiger partial charge in [0.2, 0.25) is 17.7 Å². The molecule has 11 nitrogen and oxygen atoms in total. The molecule has 0 radical (unpaired) electrons. The van der Waals surface area contributed by atoms with Gasteiger partial charge in [-0.05, 0) is 59.4 Å². The van der Waals surface area contributed by atoms with E-state index in [9.17, 15) is 24.0 Å². The summed E-state index contributed by atoms with van der Waals surface area (Å²) in [6, 6.07) is 6.79. The SMILES string of the molecule is CC(NC(=O)C1CCCN1C(=O)OC(C)(C)C)C(=O)NCC(=O)NC(Cc1ccccc1)C(=O)[C@@]1(C)CO1. The number of likely N-dealkylation sites (tertiary alicyclic amines) is 1. The second kappa shape index (κ2) is 11.9. The fourth-order valence-corrected chi connectivity index (χ4v) is 4.20. The van der Waals surface area contributed by atoms with Crippen LogP contribution in [0.25, 0.3) is 0 Å². The Morgan fingerprint density at radius 1 is 1.13 bits per heavy atom. The summed E-state index contributed by atoms with van der Waals surface area (Å²) in [5, 5.41) is 7.80. The molecule has 11 heteroatoms. The molecule has 38 heavy (non-hydrogen) atoms. The van der Waals surface area contributed by atoms with Crippen molar-refractivity contribution >= 4 is 29.6 Å². The van der Waals surface area contributed by atoms with Crippen LogP contribution in [0.5, 0.6) is 0 Å². The minimum Gasteiger partial charge on any atom is -0.444 e. The number of carbonyl (C=O) groups excluding carboxylic acids is 5. The van der Waals surface area contributed by atoms with Gasteiger partial charge in [-0.1, -0.05) is 30.3 Å². The van der Waals surface area contributed by atoms with Gasteiger partial charge in [0, 0.05) is 6.54 Å². The number of hydrogen-bond acceptors (Lipinski definition) is 7. The van der Waals surface area contributed by atoms with Crippen LogP contribution in [0, 0.1) is 0 Å². The number of nitrogens with zero attached hydrogens (tertiary/aromatic N) is 1. The van der Waals surface area contributed by atoms with Crippen LogP contribution in [0.15, 0.2) is 30.3 Å². The summed E-state index contributed by atoms with van der Waals surface area (Å²) < 4.78 is 10.7. The zero-order valence-corrected chi connectivity index (χ0v) is 22.7.